The summed E-state index contributed by atoms with van der Waals surface area (Å²) >= 11 is 0. The van der Waals surface area contributed by atoms with Gasteiger partial charge in [-0.3, -0.25) is 4.79 Å². The number of aromatic nitrogens is 2. The summed E-state index contributed by atoms with van der Waals surface area (Å²) in [6.07, 6.45) is 2.10. The van der Waals surface area contributed by atoms with Crippen LogP contribution in [0.5, 0.6) is 0 Å². The molecule has 3 rings (SSSR count). The fourth-order valence-electron chi connectivity index (χ4n) is 2.48. The zero-order valence-corrected chi connectivity index (χ0v) is 11.5. The second kappa shape index (κ2) is 4.44. The molecule has 0 spiro atoms. The summed E-state index contributed by atoms with van der Waals surface area (Å²) in [5.41, 5.74) is 2.09. The highest BCUT2D eigenvalue weighted by molar-refractivity contribution is 5.97. The van der Waals surface area contributed by atoms with Crippen LogP contribution < -0.4 is 0 Å². The van der Waals surface area contributed by atoms with Gasteiger partial charge in [-0.2, -0.15) is 0 Å². The molecule has 0 saturated heterocycles. The van der Waals surface area contributed by atoms with Gasteiger partial charge in [-0.1, -0.05) is 0 Å². The highest BCUT2D eigenvalue weighted by atomic mass is 16.4. The lowest BCUT2D eigenvalue weighted by Gasteiger charge is -2.13. The largest absolute Gasteiger partial charge is 0.480 e. The van der Waals surface area contributed by atoms with Crippen LogP contribution in [0, 0.1) is 0 Å². The van der Waals surface area contributed by atoms with Crippen molar-refractivity contribution in [2.45, 2.75) is 38.6 Å². The van der Waals surface area contributed by atoms with Gasteiger partial charge in [0.1, 0.15) is 11.9 Å². The summed E-state index contributed by atoms with van der Waals surface area (Å²) in [5.74, 6) is 0.295. The number of fused-ring (bicyclic) bond motifs is 1. The maximum Gasteiger partial charge on any atom is 0.326 e. The van der Waals surface area contributed by atoms with Crippen LogP contribution in [0.2, 0.25) is 0 Å². The van der Waals surface area contributed by atoms with Crippen LogP contribution in [0.1, 0.15) is 54.8 Å². The van der Waals surface area contributed by atoms with E-state index >= 15 is 0 Å². The lowest BCUT2D eigenvalue weighted by atomic mass is 10.1. The van der Waals surface area contributed by atoms with Gasteiger partial charge in [-0.05, 0) is 44.9 Å². The molecule has 1 heterocycles. The zero-order chi connectivity index (χ0) is 14.4. The van der Waals surface area contributed by atoms with Gasteiger partial charge in [-0.25, -0.2) is 9.78 Å². The minimum absolute atomic E-state index is 0.0132. The molecule has 5 nitrogen and oxygen atoms in total. The summed E-state index contributed by atoms with van der Waals surface area (Å²) < 4.78 is 1.79. The molecule has 1 fully saturated rings. The quantitative estimate of drug-likeness (QED) is 0.869. The molecule has 2 aromatic rings. The average molecular weight is 272 g/mol. The Bertz CT molecular complexity index is 713. The van der Waals surface area contributed by atoms with Gasteiger partial charge >= 0.3 is 5.97 Å². The Morgan fingerprint density at radius 2 is 2.10 bits per heavy atom. The average Bonchev–Trinajstić information content (AvgIpc) is 3.17. The molecule has 1 aromatic carbocycles. The molecule has 1 atom stereocenters. The number of carboxylic acids is 1. The maximum atomic E-state index is 11.4. The van der Waals surface area contributed by atoms with Gasteiger partial charge < -0.3 is 9.67 Å². The van der Waals surface area contributed by atoms with E-state index in [0.29, 0.717) is 17.0 Å². The van der Waals surface area contributed by atoms with Gasteiger partial charge in [-0.15, -0.1) is 0 Å². The topological polar surface area (TPSA) is 72.2 Å². The molecule has 0 radical (unpaired) electrons. The molecule has 1 aromatic heterocycles. The van der Waals surface area contributed by atoms with E-state index in [4.69, 9.17) is 0 Å². The summed E-state index contributed by atoms with van der Waals surface area (Å²) in [4.78, 5) is 27.3. The smallest absolute Gasteiger partial charge is 0.326 e. The van der Waals surface area contributed by atoms with Crippen molar-refractivity contribution < 1.29 is 14.7 Å². The van der Waals surface area contributed by atoms with Crippen LogP contribution >= 0.6 is 0 Å². The van der Waals surface area contributed by atoms with E-state index in [0.717, 1.165) is 24.2 Å². The van der Waals surface area contributed by atoms with E-state index in [2.05, 4.69) is 4.98 Å². The van der Waals surface area contributed by atoms with E-state index in [9.17, 15) is 14.7 Å². The predicted octanol–water partition coefficient (Wildman–Crippen LogP) is 2.76. The Kier molecular flexibility index (Phi) is 2.85. The first-order chi connectivity index (χ1) is 9.49. The van der Waals surface area contributed by atoms with Crippen molar-refractivity contribution in [2.75, 3.05) is 0 Å². The number of Topliss-reactive ketones (excluding diaryl/α,β-unsaturated/α-hetero) is 1. The van der Waals surface area contributed by atoms with Crippen molar-refractivity contribution in [3.05, 3.63) is 29.6 Å². The molecule has 0 amide bonds. The summed E-state index contributed by atoms with van der Waals surface area (Å²) in [6.45, 7) is 3.17. The van der Waals surface area contributed by atoms with E-state index in [1.54, 1.807) is 29.7 Å². The molecule has 1 aliphatic carbocycles. The lowest BCUT2D eigenvalue weighted by Crippen LogP contribution is -2.17. The zero-order valence-electron chi connectivity index (χ0n) is 11.5. The molecule has 20 heavy (non-hydrogen) atoms. The molecule has 1 N–H and O–H groups in total. The molecular formula is C15H16N2O3. The monoisotopic (exact) mass is 272 g/mol. The van der Waals surface area contributed by atoms with Crippen LogP contribution in [-0.4, -0.2) is 26.4 Å². The number of ketones is 1. The maximum absolute atomic E-state index is 11.4. The van der Waals surface area contributed by atoms with Crippen molar-refractivity contribution in [1.82, 2.24) is 9.55 Å². The normalized spacial score (nSPS) is 16.3. The van der Waals surface area contributed by atoms with E-state index in [1.807, 2.05) is 0 Å². The highest BCUT2D eigenvalue weighted by Gasteiger charge is 2.32. The Balaban J connectivity index is 2.22. The predicted molar refractivity (Wildman–Crippen MR) is 74.1 cm³/mol. The highest BCUT2D eigenvalue weighted by Crippen LogP contribution is 2.41. The second-order valence-corrected chi connectivity index (χ2v) is 5.39. The molecule has 1 unspecified atom stereocenters. The van der Waals surface area contributed by atoms with Crippen LogP contribution in [0.15, 0.2) is 18.2 Å². The number of nitrogens with zero attached hydrogens (tertiary/aromatic N) is 2. The first kappa shape index (κ1) is 12.8. The molecule has 1 saturated carbocycles. The number of carbonyl (C=O) groups is 2. The number of benzene rings is 1. The molecule has 1 aliphatic rings. The number of aliphatic carboxylic acids is 1. The Morgan fingerprint density at radius 3 is 2.65 bits per heavy atom. The van der Waals surface area contributed by atoms with Gasteiger partial charge in [0.05, 0.1) is 11.0 Å². The third-order valence-electron chi connectivity index (χ3n) is 3.81. The molecule has 0 bridgehead atoms. The number of carboxylic acid groups (broad SMARTS) is 1. The Morgan fingerprint density at radius 1 is 1.40 bits per heavy atom. The fraction of sp³-hybridized carbons (Fsp3) is 0.400. The Labute approximate surface area is 116 Å². The third kappa shape index (κ3) is 1.99. The van der Waals surface area contributed by atoms with Gasteiger partial charge in [0.25, 0.3) is 0 Å². The second-order valence-electron chi connectivity index (χ2n) is 5.39. The van der Waals surface area contributed by atoms with Crippen molar-refractivity contribution in [3.8, 4) is 0 Å². The molecule has 104 valence electrons. The van der Waals surface area contributed by atoms with Gasteiger partial charge in [0, 0.05) is 11.5 Å². The van der Waals surface area contributed by atoms with Crippen LogP contribution in [0.4, 0.5) is 0 Å². The van der Waals surface area contributed by atoms with Crippen LogP contribution in [0.25, 0.3) is 11.0 Å². The SMILES string of the molecule is CC(=O)c1ccc2c(c1)nc(C1CC1)n2C(C)C(=O)O. The van der Waals surface area contributed by atoms with Gasteiger partial charge in [0.2, 0.25) is 0 Å². The van der Waals surface area contributed by atoms with E-state index in [1.165, 1.54) is 6.92 Å². The summed E-state index contributed by atoms with van der Waals surface area (Å²) in [5, 5.41) is 9.28. The first-order valence-corrected chi connectivity index (χ1v) is 6.74. The Hall–Kier alpha value is -2.17. The number of imidazole rings is 1. The fourth-order valence-corrected chi connectivity index (χ4v) is 2.48. The van der Waals surface area contributed by atoms with Crippen molar-refractivity contribution in [2.24, 2.45) is 0 Å². The first-order valence-electron chi connectivity index (χ1n) is 6.74. The molecule has 0 aliphatic heterocycles. The minimum atomic E-state index is -0.873. The number of carbonyl (C=O) groups excluding carboxylic acids is 1. The van der Waals surface area contributed by atoms with Crippen molar-refractivity contribution in [3.63, 3.8) is 0 Å². The van der Waals surface area contributed by atoms with Crippen molar-refractivity contribution in [1.29, 1.82) is 0 Å². The minimum Gasteiger partial charge on any atom is -0.480 e. The number of hydrogen-bond donors (Lipinski definition) is 1. The van der Waals surface area contributed by atoms with Crippen molar-refractivity contribution >= 4 is 22.8 Å². The van der Waals surface area contributed by atoms with Gasteiger partial charge in [0.15, 0.2) is 5.78 Å². The summed E-state index contributed by atoms with van der Waals surface area (Å²) in [6, 6.07) is 4.62. The number of hydrogen-bond acceptors (Lipinski definition) is 3. The standard InChI is InChI=1S/C15H16N2O3/c1-8(15(19)20)17-13-6-5-11(9(2)18)7-12(13)16-14(17)10-3-4-10/h5-8,10H,3-4H2,1-2H3,(H,19,20). The molecule has 5 heteroatoms. The molecular weight excluding hydrogens is 256 g/mol. The number of rotatable bonds is 4. The third-order valence-corrected chi connectivity index (χ3v) is 3.81. The lowest BCUT2D eigenvalue weighted by molar-refractivity contribution is -0.140. The van der Waals surface area contributed by atoms with Crippen LogP contribution in [0.3, 0.4) is 0 Å². The van der Waals surface area contributed by atoms with E-state index < -0.39 is 12.0 Å². The van der Waals surface area contributed by atoms with E-state index in [-0.39, 0.29) is 5.78 Å². The summed E-state index contributed by atoms with van der Waals surface area (Å²) in [7, 11) is 0. The van der Waals surface area contributed by atoms with Crippen LogP contribution in [-0.2, 0) is 4.79 Å².